The summed E-state index contributed by atoms with van der Waals surface area (Å²) in [5.41, 5.74) is 2.30. The summed E-state index contributed by atoms with van der Waals surface area (Å²) >= 11 is 0. The predicted octanol–water partition coefficient (Wildman–Crippen LogP) is 0.619. The first-order valence-corrected chi connectivity index (χ1v) is 7.82. The number of fused-ring (bicyclic) bond motifs is 1. The summed E-state index contributed by atoms with van der Waals surface area (Å²) in [5, 5.41) is 0. The maximum atomic E-state index is 12.0. The lowest BCUT2D eigenvalue weighted by Gasteiger charge is -2.28. The summed E-state index contributed by atoms with van der Waals surface area (Å²) in [6.07, 6.45) is 5.74. The van der Waals surface area contributed by atoms with Gasteiger partial charge >= 0.3 is 0 Å². The fourth-order valence-electron chi connectivity index (χ4n) is 2.17. The van der Waals surface area contributed by atoms with Gasteiger partial charge < -0.3 is 4.90 Å². The lowest BCUT2D eigenvalue weighted by Crippen LogP contribution is -2.39. The molecule has 5 heteroatoms. The van der Waals surface area contributed by atoms with Crippen molar-refractivity contribution >= 4 is 15.7 Å². The molecule has 0 N–H and O–H groups in total. The minimum Gasteiger partial charge on any atom is -0.337 e. The highest BCUT2D eigenvalue weighted by Gasteiger charge is 2.24. The van der Waals surface area contributed by atoms with Crippen LogP contribution >= 0.6 is 0 Å². The molecule has 0 radical (unpaired) electrons. The van der Waals surface area contributed by atoms with E-state index in [0.29, 0.717) is 13.1 Å². The summed E-state index contributed by atoms with van der Waals surface area (Å²) in [7, 11) is -3.48. The number of carbonyl (C=O) groups excluding carboxylic acids is 1. The second-order valence-corrected chi connectivity index (χ2v) is 6.63. The third-order valence-corrected chi connectivity index (χ3v) is 4.42. The van der Waals surface area contributed by atoms with Crippen molar-refractivity contribution in [3.8, 4) is 12.3 Å². The van der Waals surface area contributed by atoms with E-state index in [9.17, 15) is 13.2 Å². The van der Waals surface area contributed by atoms with Gasteiger partial charge in [-0.2, -0.15) is 0 Å². The molecule has 0 atom stereocenters. The summed E-state index contributed by atoms with van der Waals surface area (Å²) < 4.78 is 23.1. The topological polar surface area (TPSA) is 54.5 Å². The van der Waals surface area contributed by atoms with Crippen molar-refractivity contribution in [2.75, 3.05) is 18.1 Å². The van der Waals surface area contributed by atoms with Crippen LogP contribution in [0.3, 0.4) is 0 Å². The van der Waals surface area contributed by atoms with Crippen LogP contribution in [0.2, 0.25) is 0 Å². The zero-order valence-corrected chi connectivity index (χ0v) is 11.3. The third-order valence-electron chi connectivity index (χ3n) is 3.13. The lowest BCUT2D eigenvalue weighted by molar-refractivity contribution is -0.129. The molecule has 19 heavy (non-hydrogen) atoms. The van der Waals surface area contributed by atoms with E-state index in [1.54, 1.807) is 4.90 Å². The van der Waals surface area contributed by atoms with Gasteiger partial charge in [0.1, 0.15) is 11.5 Å². The van der Waals surface area contributed by atoms with Crippen molar-refractivity contribution in [3.63, 3.8) is 0 Å². The van der Waals surface area contributed by atoms with E-state index in [1.165, 1.54) is 5.56 Å². The van der Waals surface area contributed by atoms with Gasteiger partial charge in [0, 0.05) is 13.1 Å². The van der Waals surface area contributed by atoms with E-state index in [2.05, 4.69) is 5.92 Å². The van der Waals surface area contributed by atoms with Crippen molar-refractivity contribution in [1.82, 2.24) is 4.90 Å². The Labute approximate surface area is 113 Å². The van der Waals surface area contributed by atoms with E-state index in [4.69, 9.17) is 6.42 Å². The number of nitrogens with zero attached hydrogens (tertiary/aromatic N) is 1. The van der Waals surface area contributed by atoms with Crippen molar-refractivity contribution in [2.24, 2.45) is 0 Å². The van der Waals surface area contributed by atoms with E-state index in [0.717, 1.165) is 12.0 Å². The molecule has 1 aromatic carbocycles. The third kappa shape index (κ3) is 3.36. The van der Waals surface area contributed by atoms with Gasteiger partial charge in [0.15, 0.2) is 9.84 Å². The first-order chi connectivity index (χ1) is 9.02. The molecule has 4 nitrogen and oxygen atoms in total. The Morgan fingerprint density at radius 2 is 2.00 bits per heavy atom. The van der Waals surface area contributed by atoms with Crippen LogP contribution in [-0.4, -0.2) is 37.3 Å². The molecule has 0 aliphatic carbocycles. The Kier molecular flexibility index (Phi) is 3.91. The van der Waals surface area contributed by atoms with Crippen LogP contribution < -0.4 is 0 Å². The molecule has 0 saturated heterocycles. The Morgan fingerprint density at radius 1 is 1.32 bits per heavy atom. The molecule has 2 rings (SSSR count). The Hall–Kier alpha value is -1.80. The Balaban J connectivity index is 2.06. The molecule has 1 aliphatic rings. The van der Waals surface area contributed by atoms with E-state index >= 15 is 0 Å². The van der Waals surface area contributed by atoms with Gasteiger partial charge in [0.05, 0.1) is 0 Å². The van der Waals surface area contributed by atoms with Gasteiger partial charge in [0.2, 0.25) is 5.91 Å². The van der Waals surface area contributed by atoms with Crippen LogP contribution in [0.15, 0.2) is 24.3 Å². The van der Waals surface area contributed by atoms with Gasteiger partial charge in [-0.25, -0.2) is 8.42 Å². The van der Waals surface area contributed by atoms with Crippen LogP contribution in [0.1, 0.15) is 11.1 Å². The van der Waals surface area contributed by atoms with E-state index in [1.807, 2.05) is 24.3 Å². The normalized spacial score (nSPS) is 14.6. The highest BCUT2D eigenvalue weighted by molar-refractivity contribution is 7.92. The first kappa shape index (κ1) is 13.6. The second-order valence-electron chi connectivity index (χ2n) is 4.57. The maximum Gasteiger partial charge on any atom is 0.238 e. The van der Waals surface area contributed by atoms with Crippen molar-refractivity contribution < 1.29 is 13.2 Å². The molecule has 1 aromatic rings. The standard InChI is InChI=1S/C14H15NO3S/c1-2-9-19(17,18)11-14(16)15-8-7-12-5-3-4-6-13(12)10-15/h1,3-6H,7-11H2. The first-order valence-electron chi connectivity index (χ1n) is 6.00. The predicted molar refractivity (Wildman–Crippen MR) is 73.0 cm³/mol. The van der Waals surface area contributed by atoms with Crippen LogP contribution in [0, 0.1) is 12.3 Å². The lowest BCUT2D eigenvalue weighted by atomic mass is 10.00. The molecule has 0 saturated carbocycles. The number of amides is 1. The van der Waals surface area contributed by atoms with E-state index < -0.39 is 15.6 Å². The molecule has 1 aliphatic heterocycles. The number of rotatable bonds is 3. The van der Waals surface area contributed by atoms with Gasteiger partial charge in [-0.3, -0.25) is 4.79 Å². The van der Waals surface area contributed by atoms with Crippen LogP contribution in [0.25, 0.3) is 0 Å². The molecule has 0 unspecified atom stereocenters. The van der Waals surface area contributed by atoms with Crippen LogP contribution in [0.4, 0.5) is 0 Å². The number of carbonyl (C=O) groups is 1. The van der Waals surface area contributed by atoms with Crippen LogP contribution in [0.5, 0.6) is 0 Å². The van der Waals surface area contributed by atoms with Crippen molar-refractivity contribution in [3.05, 3.63) is 35.4 Å². The molecule has 0 spiro atoms. The van der Waals surface area contributed by atoms with E-state index in [-0.39, 0.29) is 11.7 Å². The summed E-state index contributed by atoms with van der Waals surface area (Å²) in [5.74, 6) is 0.816. The molecule has 0 fully saturated rings. The largest absolute Gasteiger partial charge is 0.337 e. The quantitative estimate of drug-likeness (QED) is 0.761. The number of terminal acetylenes is 1. The minimum atomic E-state index is -3.48. The number of hydrogen-bond acceptors (Lipinski definition) is 3. The van der Waals surface area contributed by atoms with Gasteiger partial charge in [-0.1, -0.05) is 30.2 Å². The van der Waals surface area contributed by atoms with Crippen LogP contribution in [-0.2, 0) is 27.6 Å². The van der Waals surface area contributed by atoms with Crippen molar-refractivity contribution in [2.45, 2.75) is 13.0 Å². The average Bonchev–Trinajstić information content (AvgIpc) is 2.37. The summed E-state index contributed by atoms with van der Waals surface area (Å²) in [4.78, 5) is 13.6. The van der Waals surface area contributed by atoms with Gasteiger partial charge in [-0.15, -0.1) is 6.42 Å². The summed E-state index contributed by atoms with van der Waals surface area (Å²) in [6, 6.07) is 7.88. The monoisotopic (exact) mass is 277 g/mol. The maximum absolute atomic E-state index is 12.0. The fourth-order valence-corrected chi connectivity index (χ4v) is 3.08. The molecule has 1 heterocycles. The Morgan fingerprint density at radius 3 is 2.68 bits per heavy atom. The molecular formula is C14H15NO3S. The smallest absolute Gasteiger partial charge is 0.238 e. The number of hydrogen-bond donors (Lipinski definition) is 0. The Bertz CT molecular complexity index is 628. The zero-order valence-electron chi connectivity index (χ0n) is 10.5. The fraction of sp³-hybridized carbons (Fsp3) is 0.357. The minimum absolute atomic E-state index is 0.371. The molecule has 0 aromatic heterocycles. The summed E-state index contributed by atoms with van der Waals surface area (Å²) in [6.45, 7) is 1.03. The second kappa shape index (κ2) is 5.45. The highest BCUT2D eigenvalue weighted by Crippen LogP contribution is 2.18. The number of sulfone groups is 1. The highest BCUT2D eigenvalue weighted by atomic mass is 32.2. The van der Waals surface area contributed by atoms with Gasteiger partial charge in [-0.05, 0) is 17.5 Å². The average molecular weight is 277 g/mol. The number of benzene rings is 1. The van der Waals surface area contributed by atoms with Crippen molar-refractivity contribution in [1.29, 1.82) is 0 Å². The molecule has 1 amide bonds. The molecule has 100 valence electrons. The molecular weight excluding hydrogens is 262 g/mol. The molecule has 0 bridgehead atoms. The van der Waals surface area contributed by atoms with Gasteiger partial charge in [0.25, 0.3) is 0 Å². The SMILES string of the molecule is C#CCS(=O)(=O)CC(=O)N1CCc2ccccc2C1. The zero-order chi connectivity index (χ0) is 13.9.